The second-order valence-corrected chi connectivity index (χ2v) is 6.66. The van der Waals surface area contributed by atoms with E-state index in [0.717, 1.165) is 10.6 Å². The molecular weight excluding hydrogens is 246 g/mol. The lowest BCUT2D eigenvalue weighted by Crippen LogP contribution is -2.45. The van der Waals surface area contributed by atoms with Gasteiger partial charge in [0.1, 0.15) is 5.75 Å². The fourth-order valence-corrected chi connectivity index (χ4v) is 3.04. The molecule has 1 aromatic rings. The van der Waals surface area contributed by atoms with Crippen molar-refractivity contribution in [1.82, 2.24) is 0 Å². The Morgan fingerprint density at radius 2 is 1.94 bits per heavy atom. The molecule has 0 fully saturated rings. The topological polar surface area (TPSA) is 55.5 Å². The zero-order valence-corrected chi connectivity index (χ0v) is 12.3. The summed E-state index contributed by atoms with van der Waals surface area (Å²) in [4.78, 5) is 1.01. The van der Waals surface area contributed by atoms with Gasteiger partial charge in [-0.2, -0.15) is 0 Å². The lowest BCUT2D eigenvalue weighted by molar-refractivity contribution is 0.233. The first kappa shape index (κ1) is 15.3. The van der Waals surface area contributed by atoms with Gasteiger partial charge in [0.25, 0.3) is 0 Å². The largest absolute Gasteiger partial charge is 0.496 e. The Morgan fingerprint density at radius 3 is 2.44 bits per heavy atom. The van der Waals surface area contributed by atoms with Crippen LogP contribution in [0.4, 0.5) is 0 Å². The first-order valence-electron chi connectivity index (χ1n) is 6.06. The molecule has 4 heteroatoms. The van der Waals surface area contributed by atoms with Crippen LogP contribution in [-0.2, 0) is 0 Å². The number of aliphatic hydroxyl groups is 1. The van der Waals surface area contributed by atoms with Crippen LogP contribution in [0.15, 0.2) is 29.2 Å². The molecule has 0 saturated heterocycles. The third-order valence-corrected chi connectivity index (χ3v) is 4.26. The zero-order chi connectivity index (χ0) is 13.8. The van der Waals surface area contributed by atoms with Crippen LogP contribution in [0.3, 0.4) is 0 Å². The van der Waals surface area contributed by atoms with E-state index < -0.39 is 0 Å². The molecule has 0 aromatic heterocycles. The average molecular weight is 269 g/mol. The van der Waals surface area contributed by atoms with Gasteiger partial charge in [0.2, 0.25) is 0 Å². The Morgan fingerprint density at radius 1 is 1.33 bits per heavy atom. The summed E-state index contributed by atoms with van der Waals surface area (Å²) >= 11 is 1.57. The summed E-state index contributed by atoms with van der Waals surface area (Å²) < 4.78 is 5.31. The predicted molar refractivity (Wildman–Crippen MR) is 77.2 cm³/mol. The molecule has 0 aliphatic heterocycles. The first-order chi connectivity index (χ1) is 8.40. The highest BCUT2D eigenvalue weighted by atomic mass is 32.2. The molecule has 1 rings (SSSR count). The number of nitrogens with two attached hydrogens (primary N) is 1. The van der Waals surface area contributed by atoms with E-state index in [0.29, 0.717) is 0 Å². The summed E-state index contributed by atoms with van der Waals surface area (Å²) in [6.45, 7) is 6.32. The highest BCUT2D eigenvalue weighted by molar-refractivity contribution is 8.00. The number of thioether (sulfide) groups is 1. The molecule has 3 nitrogen and oxygen atoms in total. The molecule has 2 unspecified atom stereocenters. The minimum atomic E-state index is -0.0857. The van der Waals surface area contributed by atoms with Crippen LogP contribution < -0.4 is 10.5 Å². The second kappa shape index (κ2) is 6.45. The van der Waals surface area contributed by atoms with Crippen molar-refractivity contribution in [1.29, 1.82) is 0 Å². The third kappa shape index (κ3) is 3.90. The van der Waals surface area contributed by atoms with E-state index in [1.807, 2.05) is 24.3 Å². The van der Waals surface area contributed by atoms with Gasteiger partial charge in [-0.15, -0.1) is 11.8 Å². The second-order valence-electron chi connectivity index (χ2n) is 5.38. The molecule has 0 aliphatic carbocycles. The highest BCUT2D eigenvalue weighted by Gasteiger charge is 2.29. The standard InChI is InChI=1S/C14H23NO2S/c1-14(2,3)13(15)12(9-16)18-11-8-6-5-7-10(11)17-4/h5-8,12-13,16H,9,15H2,1-4H3. The van der Waals surface area contributed by atoms with Gasteiger partial charge in [-0.3, -0.25) is 0 Å². The van der Waals surface area contributed by atoms with E-state index in [1.165, 1.54) is 0 Å². The quantitative estimate of drug-likeness (QED) is 0.807. The number of aliphatic hydroxyl groups excluding tert-OH is 1. The van der Waals surface area contributed by atoms with Gasteiger partial charge in [-0.05, 0) is 17.5 Å². The Hall–Kier alpha value is -0.710. The van der Waals surface area contributed by atoms with E-state index in [4.69, 9.17) is 10.5 Å². The van der Waals surface area contributed by atoms with Gasteiger partial charge in [-0.1, -0.05) is 32.9 Å². The SMILES string of the molecule is COc1ccccc1SC(CO)C(N)C(C)(C)C. The highest BCUT2D eigenvalue weighted by Crippen LogP contribution is 2.36. The molecule has 0 heterocycles. The maximum atomic E-state index is 9.54. The average Bonchev–Trinajstić information content (AvgIpc) is 2.34. The fraction of sp³-hybridized carbons (Fsp3) is 0.571. The summed E-state index contributed by atoms with van der Waals surface area (Å²) in [6.07, 6.45) is 0. The Balaban J connectivity index is 2.86. The zero-order valence-electron chi connectivity index (χ0n) is 11.5. The molecule has 3 N–H and O–H groups in total. The molecule has 0 bridgehead atoms. The predicted octanol–water partition coefficient (Wildman–Crippen LogP) is 2.52. The van der Waals surface area contributed by atoms with Crippen molar-refractivity contribution in [2.45, 2.75) is 37.0 Å². The van der Waals surface area contributed by atoms with E-state index in [2.05, 4.69) is 20.8 Å². The van der Waals surface area contributed by atoms with Gasteiger partial charge in [0.15, 0.2) is 0 Å². The number of ether oxygens (including phenoxy) is 1. The Kier molecular flexibility index (Phi) is 5.50. The summed E-state index contributed by atoms with van der Waals surface area (Å²) in [5.74, 6) is 0.821. The van der Waals surface area contributed by atoms with Crippen molar-refractivity contribution in [3.8, 4) is 5.75 Å². The molecule has 0 aliphatic rings. The van der Waals surface area contributed by atoms with Crippen molar-refractivity contribution >= 4 is 11.8 Å². The fourth-order valence-electron chi connectivity index (χ4n) is 1.66. The number of hydrogen-bond donors (Lipinski definition) is 2. The van der Waals surface area contributed by atoms with Crippen molar-refractivity contribution in [3.63, 3.8) is 0 Å². The summed E-state index contributed by atoms with van der Waals surface area (Å²) in [7, 11) is 1.65. The van der Waals surface area contributed by atoms with Gasteiger partial charge < -0.3 is 15.6 Å². The van der Waals surface area contributed by atoms with Crippen LogP contribution in [0.25, 0.3) is 0 Å². The molecular formula is C14H23NO2S. The van der Waals surface area contributed by atoms with Crippen LogP contribution in [0.1, 0.15) is 20.8 Å². The third-order valence-electron chi connectivity index (χ3n) is 2.93. The summed E-state index contributed by atoms with van der Waals surface area (Å²) in [5, 5.41) is 9.50. The van der Waals surface area contributed by atoms with E-state index in [9.17, 15) is 5.11 Å². The number of para-hydroxylation sites is 1. The molecule has 2 atom stereocenters. The van der Waals surface area contributed by atoms with Crippen molar-refractivity contribution in [2.75, 3.05) is 13.7 Å². The van der Waals surface area contributed by atoms with Gasteiger partial charge in [-0.25, -0.2) is 0 Å². The maximum Gasteiger partial charge on any atom is 0.132 e. The number of benzene rings is 1. The van der Waals surface area contributed by atoms with Crippen molar-refractivity contribution in [3.05, 3.63) is 24.3 Å². The Bertz CT molecular complexity index is 376. The van der Waals surface area contributed by atoms with Gasteiger partial charge in [0.05, 0.1) is 13.7 Å². The van der Waals surface area contributed by atoms with Crippen molar-refractivity contribution < 1.29 is 9.84 Å². The van der Waals surface area contributed by atoms with Crippen LogP contribution in [0.5, 0.6) is 5.75 Å². The van der Waals surface area contributed by atoms with Crippen LogP contribution in [0.2, 0.25) is 0 Å². The maximum absolute atomic E-state index is 9.54. The van der Waals surface area contributed by atoms with Crippen LogP contribution in [-0.4, -0.2) is 30.1 Å². The van der Waals surface area contributed by atoms with E-state index in [1.54, 1.807) is 18.9 Å². The van der Waals surface area contributed by atoms with Crippen LogP contribution >= 0.6 is 11.8 Å². The van der Waals surface area contributed by atoms with Crippen molar-refractivity contribution in [2.24, 2.45) is 11.1 Å². The molecule has 0 amide bonds. The number of rotatable bonds is 5. The molecule has 1 aromatic carbocycles. The monoisotopic (exact) mass is 269 g/mol. The van der Waals surface area contributed by atoms with E-state index in [-0.39, 0.29) is 23.3 Å². The number of hydrogen-bond acceptors (Lipinski definition) is 4. The molecule has 0 radical (unpaired) electrons. The van der Waals surface area contributed by atoms with Crippen LogP contribution in [0, 0.1) is 5.41 Å². The Labute approximate surface area is 114 Å². The summed E-state index contributed by atoms with van der Waals surface area (Å²) in [6, 6.07) is 7.71. The molecule has 18 heavy (non-hydrogen) atoms. The summed E-state index contributed by atoms with van der Waals surface area (Å²) in [5.41, 5.74) is 6.18. The van der Waals surface area contributed by atoms with Gasteiger partial charge in [0, 0.05) is 16.2 Å². The van der Waals surface area contributed by atoms with E-state index >= 15 is 0 Å². The van der Waals surface area contributed by atoms with Gasteiger partial charge >= 0.3 is 0 Å². The molecule has 102 valence electrons. The lowest BCUT2D eigenvalue weighted by atomic mass is 9.85. The smallest absolute Gasteiger partial charge is 0.132 e. The lowest BCUT2D eigenvalue weighted by Gasteiger charge is -2.33. The minimum Gasteiger partial charge on any atom is -0.496 e. The molecule has 0 spiro atoms. The molecule has 0 saturated carbocycles. The number of methoxy groups -OCH3 is 1. The minimum absolute atomic E-state index is 0.0393. The normalized spacial score (nSPS) is 15.2. The first-order valence-corrected chi connectivity index (χ1v) is 6.94.